The molecule has 0 unspecified atom stereocenters. The van der Waals surface area contributed by atoms with E-state index >= 15 is 0 Å². The number of amides is 2. The van der Waals surface area contributed by atoms with E-state index in [1.54, 1.807) is 44.6 Å². The molecule has 1 aliphatic rings. The van der Waals surface area contributed by atoms with E-state index in [-0.39, 0.29) is 11.8 Å². The molecule has 0 saturated carbocycles. The number of imide groups is 1. The van der Waals surface area contributed by atoms with Gasteiger partial charge in [0.1, 0.15) is 11.5 Å². The van der Waals surface area contributed by atoms with Crippen LogP contribution >= 0.6 is 0 Å². The van der Waals surface area contributed by atoms with Gasteiger partial charge >= 0.3 is 0 Å². The van der Waals surface area contributed by atoms with Crippen molar-refractivity contribution in [3.63, 3.8) is 0 Å². The van der Waals surface area contributed by atoms with Gasteiger partial charge in [0.05, 0.1) is 25.3 Å². The first-order valence-corrected chi connectivity index (χ1v) is 7.31. The second kappa shape index (κ2) is 6.12. The van der Waals surface area contributed by atoms with E-state index in [0.29, 0.717) is 35.6 Å². The molecule has 0 spiro atoms. The SMILES string of the molecule is COc1cc(CCN2C(=O)c3ccccc3C2=O)cc(OC)c1. The highest BCUT2D eigenvalue weighted by Crippen LogP contribution is 2.25. The fraction of sp³-hybridized carbons (Fsp3) is 0.222. The largest absolute Gasteiger partial charge is 0.497 e. The predicted octanol–water partition coefficient (Wildman–Crippen LogP) is 2.54. The van der Waals surface area contributed by atoms with Gasteiger partial charge in [0, 0.05) is 12.6 Å². The van der Waals surface area contributed by atoms with Gasteiger partial charge < -0.3 is 9.47 Å². The Labute approximate surface area is 134 Å². The van der Waals surface area contributed by atoms with Crippen molar-refractivity contribution in [2.75, 3.05) is 20.8 Å². The van der Waals surface area contributed by atoms with Crippen LogP contribution in [0.2, 0.25) is 0 Å². The second-order valence-electron chi connectivity index (χ2n) is 5.28. The first-order chi connectivity index (χ1) is 11.1. The fourth-order valence-corrected chi connectivity index (χ4v) is 2.69. The van der Waals surface area contributed by atoms with Gasteiger partial charge in [-0.1, -0.05) is 12.1 Å². The molecule has 3 rings (SSSR count). The molecule has 0 N–H and O–H groups in total. The third kappa shape index (κ3) is 2.77. The van der Waals surface area contributed by atoms with Gasteiger partial charge in [-0.2, -0.15) is 0 Å². The van der Waals surface area contributed by atoms with Crippen molar-refractivity contribution in [1.82, 2.24) is 4.90 Å². The Hall–Kier alpha value is -2.82. The summed E-state index contributed by atoms with van der Waals surface area (Å²) >= 11 is 0. The zero-order valence-corrected chi connectivity index (χ0v) is 13.0. The molecule has 2 amide bonds. The Morgan fingerprint density at radius 2 is 1.39 bits per heavy atom. The van der Waals surface area contributed by atoms with Gasteiger partial charge in [-0.25, -0.2) is 0 Å². The number of ether oxygens (including phenoxy) is 2. The molecule has 0 fully saturated rings. The Bertz CT molecular complexity index is 712. The van der Waals surface area contributed by atoms with E-state index in [1.807, 2.05) is 12.1 Å². The number of carbonyl (C=O) groups is 2. The number of methoxy groups -OCH3 is 2. The van der Waals surface area contributed by atoms with Crippen LogP contribution in [0.25, 0.3) is 0 Å². The van der Waals surface area contributed by atoms with Gasteiger partial charge in [-0.15, -0.1) is 0 Å². The summed E-state index contributed by atoms with van der Waals surface area (Å²) in [4.78, 5) is 25.9. The topological polar surface area (TPSA) is 55.8 Å². The average Bonchev–Trinajstić information content (AvgIpc) is 2.84. The average molecular weight is 311 g/mol. The summed E-state index contributed by atoms with van der Waals surface area (Å²) < 4.78 is 10.5. The van der Waals surface area contributed by atoms with E-state index in [0.717, 1.165) is 5.56 Å². The number of carbonyl (C=O) groups excluding carboxylic acids is 2. The van der Waals surface area contributed by atoms with E-state index < -0.39 is 0 Å². The summed E-state index contributed by atoms with van der Waals surface area (Å²) in [5.41, 5.74) is 1.89. The van der Waals surface area contributed by atoms with Crippen molar-refractivity contribution in [3.8, 4) is 11.5 Å². The van der Waals surface area contributed by atoms with E-state index in [1.165, 1.54) is 4.90 Å². The molecule has 5 nitrogen and oxygen atoms in total. The van der Waals surface area contributed by atoms with Crippen molar-refractivity contribution in [2.24, 2.45) is 0 Å². The van der Waals surface area contributed by atoms with Crippen LogP contribution in [0.3, 0.4) is 0 Å². The number of fused-ring (bicyclic) bond motifs is 1. The molecule has 0 aliphatic carbocycles. The van der Waals surface area contributed by atoms with Crippen LogP contribution in [0, 0.1) is 0 Å². The quantitative estimate of drug-likeness (QED) is 0.796. The molecule has 2 aromatic rings. The van der Waals surface area contributed by atoms with Crippen molar-refractivity contribution in [3.05, 3.63) is 59.2 Å². The molecule has 5 heteroatoms. The van der Waals surface area contributed by atoms with Crippen LogP contribution in [-0.4, -0.2) is 37.5 Å². The summed E-state index contributed by atoms with van der Waals surface area (Å²) in [5, 5.41) is 0. The fourth-order valence-electron chi connectivity index (χ4n) is 2.69. The van der Waals surface area contributed by atoms with Gasteiger partial charge in [-0.05, 0) is 36.2 Å². The van der Waals surface area contributed by atoms with Crippen LogP contribution in [-0.2, 0) is 6.42 Å². The monoisotopic (exact) mass is 311 g/mol. The number of hydrogen-bond donors (Lipinski definition) is 0. The summed E-state index contributed by atoms with van der Waals surface area (Å²) in [5.74, 6) is 0.893. The van der Waals surface area contributed by atoms with Crippen LogP contribution in [0.5, 0.6) is 11.5 Å². The van der Waals surface area contributed by atoms with Crippen molar-refractivity contribution in [2.45, 2.75) is 6.42 Å². The summed E-state index contributed by atoms with van der Waals surface area (Å²) in [6.45, 7) is 0.322. The molecule has 0 atom stereocenters. The lowest BCUT2D eigenvalue weighted by molar-refractivity contribution is 0.0656. The summed E-state index contributed by atoms with van der Waals surface area (Å²) in [6.07, 6.45) is 0.541. The third-order valence-electron chi connectivity index (χ3n) is 3.91. The molecule has 2 aromatic carbocycles. The molecule has 0 bridgehead atoms. The molecule has 1 aliphatic heterocycles. The maximum absolute atomic E-state index is 12.3. The number of benzene rings is 2. The van der Waals surface area contributed by atoms with Crippen molar-refractivity contribution in [1.29, 1.82) is 0 Å². The Balaban J connectivity index is 1.77. The number of nitrogens with zero attached hydrogens (tertiary/aromatic N) is 1. The molecule has 118 valence electrons. The lowest BCUT2D eigenvalue weighted by Crippen LogP contribution is -2.31. The predicted molar refractivity (Wildman–Crippen MR) is 85.1 cm³/mol. The highest BCUT2D eigenvalue weighted by Gasteiger charge is 2.34. The van der Waals surface area contributed by atoms with E-state index in [2.05, 4.69) is 0 Å². The molecule has 0 aromatic heterocycles. The van der Waals surface area contributed by atoms with E-state index in [9.17, 15) is 9.59 Å². The minimum Gasteiger partial charge on any atom is -0.497 e. The van der Waals surface area contributed by atoms with Crippen LogP contribution in [0.4, 0.5) is 0 Å². The lowest BCUT2D eigenvalue weighted by atomic mass is 10.1. The van der Waals surface area contributed by atoms with Crippen LogP contribution in [0.1, 0.15) is 26.3 Å². The third-order valence-corrected chi connectivity index (χ3v) is 3.91. The zero-order chi connectivity index (χ0) is 16.4. The zero-order valence-electron chi connectivity index (χ0n) is 13.0. The summed E-state index contributed by atoms with van der Waals surface area (Å²) in [7, 11) is 3.17. The first-order valence-electron chi connectivity index (χ1n) is 7.31. The van der Waals surface area contributed by atoms with Crippen molar-refractivity contribution >= 4 is 11.8 Å². The Kier molecular flexibility index (Phi) is 4.02. The smallest absolute Gasteiger partial charge is 0.261 e. The molecule has 0 radical (unpaired) electrons. The standard InChI is InChI=1S/C18H17NO4/c1-22-13-9-12(10-14(11-13)23-2)7-8-19-17(20)15-5-3-4-6-16(15)18(19)21/h3-6,9-11H,7-8H2,1-2H3. The maximum atomic E-state index is 12.3. The first kappa shape index (κ1) is 15.1. The minimum atomic E-state index is -0.236. The second-order valence-corrected chi connectivity index (χ2v) is 5.28. The van der Waals surface area contributed by atoms with Crippen molar-refractivity contribution < 1.29 is 19.1 Å². The van der Waals surface area contributed by atoms with Crippen LogP contribution in [0.15, 0.2) is 42.5 Å². The number of rotatable bonds is 5. The molecular weight excluding hydrogens is 294 g/mol. The Morgan fingerprint density at radius 1 is 0.870 bits per heavy atom. The van der Waals surface area contributed by atoms with Gasteiger partial charge in [0.2, 0.25) is 0 Å². The lowest BCUT2D eigenvalue weighted by Gasteiger charge is -2.14. The Morgan fingerprint density at radius 3 is 1.87 bits per heavy atom. The van der Waals surface area contributed by atoms with Crippen LogP contribution < -0.4 is 9.47 Å². The van der Waals surface area contributed by atoms with Gasteiger partial charge in [-0.3, -0.25) is 14.5 Å². The normalized spacial score (nSPS) is 13.2. The highest BCUT2D eigenvalue weighted by molar-refractivity contribution is 6.21. The minimum absolute atomic E-state index is 0.236. The maximum Gasteiger partial charge on any atom is 0.261 e. The molecule has 1 heterocycles. The number of hydrogen-bond acceptors (Lipinski definition) is 4. The molecule has 23 heavy (non-hydrogen) atoms. The van der Waals surface area contributed by atoms with E-state index in [4.69, 9.17) is 9.47 Å². The molecular formula is C18H17NO4. The highest BCUT2D eigenvalue weighted by atomic mass is 16.5. The molecule has 0 saturated heterocycles. The van der Waals surface area contributed by atoms with Gasteiger partial charge in [0.15, 0.2) is 0 Å². The summed E-state index contributed by atoms with van der Waals surface area (Å²) in [6, 6.07) is 12.4. The van der Waals surface area contributed by atoms with Gasteiger partial charge in [0.25, 0.3) is 11.8 Å².